The van der Waals surface area contributed by atoms with Crippen LogP contribution in [0.3, 0.4) is 0 Å². The summed E-state index contributed by atoms with van der Waals surface area (Å²) in [7, 11) is -3.21. The molecule has 0 unspecified atom stereocenters. The van der Waals surface area contributed by atoms with Gasteiger partial charge in [-0.05, 0) is 13.3 Å². The maximum atomic E-state index is 12.1. The molecule has 2 aliphatic rings. The Morgan fingerprint density at radius 3 is 2.35 bits per heavy atom. The number of hydrogen-bond acceptors (Lipinski definition) is 5. The Kier molecular flexibility index (Phi) is 5.00. The molecule has 1 atom stereocenters. The van der Waals surface area contributed by atoms with Gasteiger partial charge in [0, 0.05) is 39.3 Å². The van der Waals surface area contributed by atoms with Crippen molar-refractivity contribution in [3.05, 3.63) is 0 Å². The Bertz CT molecular complexity index is 444. The first-order valence-electron chi connectivity index (χ1n) is 7.04. The van der Waals surface area contributed by atoms with E-state index in [0.717, 1.165) is 13.1 Å². The third-order valence-electron chi connectivity index (χ3n) is 3.76. The van der Waals surface area contributed by atoms with Gasteiger partial charge in [0.2, 0.25) is 15.9 Å². The number of amides is 1. The van der Waals surface area contributed by atoms with E-state index in [1.807, 2.05) is 0 Å². The summed E-state index contributed by atoms with van der Waals surface area (Å²) in [6.07, 6.45) is 0.240. The number of sulfonamides is 1. The number of aliphatic hydroxyl groups excluding tert-OH is 1. The highest BCUT2D eigenvalue weighted by Crippen LogP contribution is 2.13. The number of aliphatic hydroxyl groups is 1. The summed E-state index contributed by atoms with van der Waals surface area (Å²) >= 11 is 0. The molecule has 0 aromatic heterocycles. The minimum Gasteiger partial charge on any atom is -0.392 e. The van der Waals surface area contributed by atoms with E-state index in [9.17, 15) is 18.3 Å². The van der Waals surface area contributed by atoms with Crippen molar-refractivity contribution < 1.29 is 18.3 Å². The second-order valence-corrected chi connectivity index (χ2v) is 7.62. The van der Waals surface area contributed by atoms with E-state index in [1.54, 1.807) is 11.8 Å². The molecule has 0 radical (unpaired) electrons. The first-order chi connectivity index (χ1) is 9.38. The lowest BCUT2D eigenvalue weighted by atomic mass is 10.2. The zero-order valence-electron chi connectivity index (χ0n) is 11.9. The van der Waals surface area contributed by atoms with Crippen molar-refractivity contribution in [2.24, 2.45) is 0 Å². The van der Waals surface area contributed by atoms with Gasteiger partial charge in [0.15, 0.2) is 0 Å². The van der Waals surface area contributed by atoms with Crippen LogP contribution in [0.25, 0.3) is 0 Å². The number of piperazine rings is 1. The van der Waals surface area contributed by atoms with Crippen LogP contribution in [0, 0.1) is 0 Å². The first kappa shape index (κ1) is 15.7. The molecule has 116 valence electrons. The molecule has 2 aliphatic heterocycles. The molecule has 1 N–H and O–H groups in total. The quantitative estimate of drug-likeness (QED) is 0.687. The second-order valence-electron chi connectivity index (χ2n) is 5.53. The molecule has 0 bridgehead atoms. The fourth-order valence-corrected chi connectivity index (χ4v) is 4.14. The number of hydrogen-bond donors (Lipinski definition) is 1. The van der Waals surface area contributed by atoms with Gasteiger partial charge in [-0.2, -0.15) is 4.31 Å². The second kappa shape index (κ2) is 6.38. The number of carbonyl (C=O) groups is 1. The highest BCUT2D eigenvalue weighted by Gasteiger charge is 2.32. The van der Waals surface area contributed by atoms with Gasteiger partial charge in [-0.3, -0.25) is 9.69 Å². The van der Waals surface area contributed by atoms with Crippen molar-refractivity contribution in [1.29, 1.82) is 0 Å². The van der Waals surface area contributed by atoms with Crippen LogP contribution in [-0.4, -0.2) is 91.2 Å². The summed E-state index contributed by atoms with van der Waals surface area (Å²) in [5.41, 5.74) is 0. The molecule has 7 nitrogen and oxygen atoms in total. The van der Waals surface area contributed by atoms with Gasteiger partial charge in [-0.25, -0.2) is 8.42 Å². The molecule has 0 saturated carbocycles. The predicted octanol–water partition coefficient (Wildman–Crippen LogP) is -1.45. The lowest BCUT2D eigenvalue weighted by Crippen LogP contribution is -2.52. The predicted molar refractivity (Wildman–Crippen MR) is 74.7 cm³/mol. The van der Waals surface area contributed by atoms with Gasteiger partial charge in [0.05, 0.1) is 18.4 Å². The van der Waals surface area contributed by atoms with Crippen molar-refractivity contribution in [2.75, 3.05) is 51.6 Å². The van der Waals surface area contributed by atoms with Crippen LogP contribution in [0.1, 0.15) is 13.3 Å². The topological polar surface area (TPSA) is 81.2 Å². The molecule has 0 aliphatic carbocycles. The Morgan fingerprint density at radius 2 is 1.85 bits per heavy atom. The van der Waals surface area contributed by atoms with E-state index in [-0.39, 0.29) is 24.3 Å². The fourth-order valence-electron chi connectivity index (χ4n) is 2.67. The van der Waals surface area contributed by atoms with Crippen molar-refractivity contribution >= 4 is 15.9 Å². The molecule has 2 saturated heterocycles. The minimum atomic E-state index is -3.21. The summed E-state index contributed by atoms with van der Waals surface area (Å²) in [5.74, 6) is 0.0368. The van der Waals surface area contributed by atoms with Gasteiger partial charge in [-0.1, -0.05) is 0 Å². The summed E-state index contributed by atoms with van der Waals surface area (Å²) in [5, 5.41) is 9.33. The van der Waals surface area contributed by atoms with Gasteiger partial charge >= 0.3 is 0 Å². The van der Waals surface area contributed by atoms with Crippen LogP contribution in [0.4, 0.5) is 0 Å². The molecule has 2 heterocycles. The third kappa shape index (κ3) is 3.91. The van der Waals surface area contributed by atoms with Crippen LogP contribution < -0.4 is 0 Å². The van der Waals surface area contributed by atoms with Crippen LogP contribution in [0.5, 0.6) is 0 Å². The molecule has 8 heteroatoms. The number of carbonyl (C=O) groups excluding carboxylic acids is 1. The average Bonchev–Trinajstić information content (AvgIpc) is 2.69. The van der Waals surface area contributed by atoms with E-state index < -0.39 is 10.0 Å². The largest absolute Gasteiger partial charge is 0.392 e. The maximum Gasteiger partial charge on any atom is 0.237 e. The summed E-state index contributed by atoms with van der Waals surface area (Å²) < 4.78 is 24.6. The van der Waals surface area contributed by atoms with Crippen molar-refractivity contribution in [1.82, 2.24) is 14.1 Å². The Balaban J connectivity index is 1.80. The van der Waals surface area contributed by atoms with E-state index >= 15 is 0 Å². The van der Waals surface area contributed by atoms with E-state index in [2.05, 4.69) is 4.90 Å². The fraction of sp³-hybridized carbons (Fsp3) is 0.917. The van der Waals surface area contributed by atoms with E-state index in [0.29, 0.717) is 32.6 Å². The standard InChI is InChI=1S/C12H23N3O4S/c1-11(16)9-13-4-6-14(7-5-13)12(17)10-15-3-2-8-20(15,18)19/h11,16H,2-10H2,1H3/t11-/m0/s1. The SMILES string of the molecule is C[C@H](O)CN1CCN(C(=O)CN2CCCS2(=O)=O)CC1. The molecular weight excluding hydrogens is 282 g/mol. The molecule has 20 heavy (non-hydrogen) atoms. The Morgan fingerprint density at radius 1 is 1.20 bits per heavy atom. The average molecular weight is 305 g/mol. The summed E-state index contributed by atoms with van der Waals surface area (Å²) in [6.45, 7) is 5.43. The van der Waals surface area contributed by atoms with Crippen LogP contribution in [0.2, 0.25) is 0 Å². The van der Waals surface area contributed by atoms with Gasteiger partial charge in [0.25, 0.3) is 0 Å². The van der Waals surface area contributed by atoms with Crippen LogP contribution in [0.15, 0.2) is 0 Å². The summed E-state index contributed by atoms with van der Waals surface area (Å²) in [6, 6.07) is 0. The Labute approximate surface area is 120 Å². The molecule has 2 fully saturated rings. The monoisotopic (exact) mass is 305 g/mol. The van der Waals surface area contributed by atoms with Gasteiger partial charge in [0.1, 0.15) is 0 Å². The molecule has 0 spiro atoms. The molecule has 0 aromatic carbocycles. The first-order valence-corrected chi connectivity index (χ1v) is 8.65. The van der Waals surface area contributed by atoms with E-state index in [1.165, 1.54) is 4.31 Å². The maximum absolute atomic E-state index is 12.1. The zero-order valence-corrected chi connectivity index (χ0v) is 12.7. The third-order valence-corrected chi connectivity index (χ3v) is 5.67. The highest BCUT2D eigenvalue weighted by molar-refractivity contribution is 7.89. The van der Waals surface area contributed by atoms with Crippen molar-refractivity contribution in [3.8, 4) is 0 Å². The van der Waals surface area contributed by atoms with Crippen LogP contribution in [-0.2, 0) is 14.8 Å². The minimum absolute atomic E-state index is 0.0290. The summed E-state index contributed by atoms with van der Waals surface area (Å²) in [4.78, 5) is 15.9. The van der Waals surface area contributed by atoms with E-state index in [4.69, 9.17) is 0 Å². The molecule has 2 rings (SSSR count). The van der Waals surface area contributed by atoms with Crippen LogP contribution >= 0.6 is 0 Å². The molecule has 0 aromatic rings. The normalized spacial score (nSPS) is 25.8. The lowest BCUT2D eigenvalue weighted by molar-refractivity contribution is -0.133. The highest BCUT2D eigenvalue weighted by atomic mass is 32.2. The smallest absolute Gasteiger partial charge is 0.237 e. The molecular formula is C12H23N3O4S. The van der Waals surface area contributed by atoms with Gasteiger partial charge < -0.3 is 10.0 Å². The van der Waals surface area contributed by atoms with Crippen molar-refractivity contribution in [3.63, 3.8) is 0 Å². The Hall–Kier alpha value is -0.700. The number of nitrogens with zero attached hydrogens (tertiary/aromatic N) is 3. The number of rotatable bonds is 4. The van der Waals surface area contributed by atoms with Gasteiger partial charge in [-0.15, -0.1) is 0 Å². The van der Waals surface area contributed by atoms with Crippen molar-refractivity contribution in [2.45, 2.75) is 19.4 Å². The zero-order chi connectivity index (χ0) is 14.8. The number of β-amino-alcohol motifs (C(OH)–C–C–N with tert-alkyl or cyclic N) is 1. The molecule has 1 amide bonds. The lowest BCUT2D eigenvalue weighted by Gasteiger charge is -2.35.